The molecule has 3 aromatic heterocycles. The van der Waals surface area contributed by atoms with Crippen LogP contribution < -0.4 is 34.6 Å². The number of esters is 1. The van der Waals surface area contributed by atoms with Crippen molar-refractivity contribution in [2.75, 3.05) is 54.4 Å². The third kappa shape index (κ3) is 5.71. The van der Waals surface area contributed by atoms with Crippen molar-refractivity contribution in [2.45, 2.75) is 58.3 Å². The van der Waals surface area contributed by atoms with Gasteiger partial charge in [0.1, 0.15) is 11.4 Å². The van der Waals surface area contributed by atoms with Crippen LogP contribution in [0.2, 0.25) is 0 Å². The molecule has 1 atom stereocenters. The van der Waals surface area contributed by atoms with Crippen LogP contribution in [0.5, 0.6) is 28.7 Å². The van der Waals surface area contributed by atoms with Gasteiger partial charge in [-0.1, -0.05) is 19.8 Å². The fourth-order valence-corrected chi connectivity index (χ4v) is 9.69. The molecule has 16 nitrogen and oxygen atoms in total. The number of phenols is 2. The van der Waals surface area contributed by atoms with Gasteiger partial charge >= 0.3 is 12.0 Å². The molecule has 0 saturated heterocycles. The highest BCUT2D eigenvalue weighted by Crippen LogP contribution is 2.52. The molecule has 60 heavy (non-hydrogen) atoms. The van der Waals surface area contributed by atoms with Gasteiger partial charge in [0, 0.05) is 66.3 Å². The highest BCUT2D eigenvalue weighted by atomic mass is 35.5. The number of hydrogen-bond donors (Lipinski definition) is 6. The number of hydrogen-bond acceptors (Lipinski definition) is 9. The molecule has 3 aliphatic heterocycles. The SMILES string of the molecule is CCCCCC(=O)Oc1cc2c(c3c(C)c[nH]c13)[C@H](CCl)CN2C(=O)c1cc2c3c(c(O)c(OC)c2[nH]1)N(C(=O)c1cc2c4c(c(O)c(OC)c2[nH]1)N(C(N)=O)CC4)CC3. The van der Waals surface area contributed by atoms with Crippen LogP contribution in [0.1, 0.15) is 81.8 Å². The number of H-pyrrole nitrogens is 3. The molecule has 0 bridgehead atoms. The molecular formula is C43H44ClN7O9. The number of aryl methyl sites for hydroxylation is 1. The van der Waals surface area contributed by atoms with Gasteiger partial charge in [0.05, 0.1) is 47.8 Å². The average Bonchev–Trinajstić information content (AvgIpc) is 4.08. The lowest BCUT2D eigenvalue weighted by atomic mass is 9.96. The number of methoxy groups -OCH3 is 2. The zero-order valence-corrected chi connectivity index (χ0v) is 34.3. The maximum absolute atomic E-state index is 14.7. The van der Waals surface area contributed by atoms with Crippen molar-refractivity contribution in [3.05, 3.63) is 58.0 Å². The number of carbonyl (C=O) groups excluding carboxylic acids is 4. The minimum Gasteiger partial charge on any atom is -0.503 e. The van der Waals surface area contributed by atoms with Gasteiger partial charge in [0.2, 0.25) is 0 Å². The lowest BCUT2D eigenvalue weighted by molar-refractivity contribution is -0.134. The number of ether oxygens (including phenoxy) is 3. The fraction of sp³-hybridized carbons (Fsp3) is 0.349. The standard InChI is InChI=1S/C43H44ClN7O9/c1-5-6-7-8-29(52)60-28-15-27-31(30-19(2)17-46-34(28)30)20(16-44)18-51(27)42(56)26-14-23-21-9-11-49(35(21)37(53)39(58-3)32(23)48-26)41(55)25-13-24-22-10-12-50(43(45)57)36(22)38(54)40(59-4)33(24)47-25/h13-15,17,20,46-48,53-54H,5-12,16,18H2,1-4H3,(H2,45,57)/t20-/m1/s1. The number of nitrogens with zero attached hydrogens (tertiary/aromatic N) is 3. The van der Waals surface area contributed by atoms with Gasteiger partial charge in [0.15, 0.2) is 28.7 Å². The predicted octanol–water partition coefficient (Wildman–Crippen LogP) is 6.98. The summed E-state index contributed by atoms with van der Waals surface area (Å²) in [6.45, 7) is 4.75. The molecule has 312 valence electrons. The second-order valence-corrected chi connectivity index (χ2v) is 15.8. The number of amides is 4. The van der Waals surface area contributed by atoms with E-state index in [-0.39, 0.29) is 95.5 Å². The van der Waals surface area contributed by atoms with Crippen LogP contribution >= 0.6 is 11.6 Å². The van der Waals surface area contributed by atoms with Gasteiger partial charge in [-0.15, -0.1) is 11.6 Å². The van der Waals surface area contributed by atoms with Crippen LogP contribution in [-0.4, -0.2) is 88.7 Å². The van der Waals surface area contributed by atoms with Crippen LogP contribution in [-0.2, 0) is 17.6 Å². The van der Waals surface area contributed by atoms with Crippen molar-refractivity contribution in [1.29, 1.82) is 0 Å². The van der Waals surface area contributed by atoms with Crippen molar-refractivity contribution in [3.8, 4) is 28.7 Å². The molecule has 0 radical (unpaired) electrons. The van der Waals surface area contributed by atoms with E-state index in [1.807, 2.05) is 13.1 Å². The van der Waals surface area contributed by atoms with Crippen molar-refractivity contribution in [3.63, 3.8) is 0 Å². The molecule has 3 aliphatic rings. The number of anilines is 3. The maximum Gasteiger partial charge on any atom is 0.319 e. The first kappa shape index (κ1) is 38.9. The zero-order valence-electron chi connectivity index (χ0n) is 33.5. The Labute approximate surface area is 348 Å². The Hall–Kier alpha value is -6.55. The highest BCUT2D eigenvalue weighted by molar-refractivity contribution is 6.20. The second kappa shape index (κ2) is 14.6. The van der Waals surface area contributed by atoms with E-state index in [0.717, 1.165) is 29.4 Å². The molecule has 0 saturated carbocycles. The van der Waals surface area contributed by atoms with Crippen LogP contribution in [0, 0.1) is 6.92 Å². The Morgan fingerprint density at radius 1 is 0.850 bits per heavy atom. The molecule has 6 heterocycles. The van der Waals surface area contributed by atoms with Crippen LogP contribution in [0.15, 0.2) is 24.4 Å². The van der Waals surface area contributed by atoms with Gasteiger partial charge in [0.25, 0.3) is 11.8 Å². The predicted molar refractivity (Wildman–Crippen MR) is 227 cm³/mol. The number of alkyl halides is 1. The summed E-state index contributed by atoms with van der Waals surface area (Å²) < 4.78 is 17.2. The highest BCUT2D eigenvalue weighted by Gasteiger charge is 2.40. The average molecular weight is 838 g/mol. The molecule has 4 amide bonds. The summed E-state index contributed by atoms with van der Waals surface area (Å²) in [5, 5.41) is 24.9. The van der Waals surface area contributed by atoms with Crippen LogP contribution in [0.4, 0.5) is 21.9 Å². The number of urea groups is 1. The first-order chi connectivity index (χ1) is 28.9. The summed E-state index contributed by atoms with van der Waals surface area (Å²) in [5.41, 5.74) is 11.6. The van der Waals surface area contributed by atoms with Crippen molar-refractivity contribution in [1.82, 2.24) is 15.0 Å². The van der Waals surface area contributed by atoms with Crippen molar-refractivity contribution < 1.29 is 43.6 Å². The van der Waals surface area contributed by atoms with Gasteiger partial charge < -0.3 is 54.9 Å². The Bertz CT molecular complexity index is 2820. The van der Waals surface area contributed by atoms with E-state index in [9.17, 15) is 29.4 Å². The minimum absolute atomic E-state index is 0.0532. The number of aromatic hydroxyl groups is 2. The Morgan fingerprint density at radius 2 is 1.43 bits per heavy atom. The van der Waals surface area contributed by atoms with E-state index in [0.29, 0.717) is 69.1 Å². The zero-order chi connectivity index (χ0) is 42.3. The number of benzene rings is 3. The molecular weight excluding hydrogens is 794 g/mol. The van der Waals surface area contributed by atoms with E-state index in [4.69, 9.17) is 31.5 Å². The van der Waals surface area contributed by atoms with E-state index in [1.54, 1.807) is 23.1 Å². The Balaban J connectivity index is 1.09. The van der Waals surface area contributed by atoms with E-state index < -0.39 is 11.9 Å². The number of rotatable bonds is 10. The summed E-state index contributed by atoms with van der Waals surface area (Å²) in [7, 11) is 2.77. The van der Waals surface area contributed by atoms with Gasteiger partial charge in [-0.05, 0) is 60.6 Å². The number of aromatic nitrogens is 3. The normalized spacial score (nSPS) is 15.6. The molecule has 0 fully saturated rings. The molecule has 0 aliphatic carbocycles. The number of nitrogens with two attached hydrogens (primary N) is 1. The van der Waals surface area contributed by atoms with Gasteiger partial charge in [-0.2, -0.15) is 0 Å². The van der Waals surface area contributed by atoms with Crippen molar-refractivity contribution >= 4 is 85.2 Å². The summed E-state index contributed by atoms with van der Waals surface area (Å²) in [6.07, 6.45) is 5.47. The largest absolute Gasteiger partial charge is 0.503 e. The monoisotopic (exact) mass is 837 g/mol. The molecule has 17 heteroatoms. The molecule has 0 spiro atoms. The smallest absolute Gasteiger partial charge is 0.319 e. The number of primary amides is 1. The number of carbonyl (C=O) groups is 4. The fourth-order valence-electron chi connectivity index (χ4n) is 9.44. The quantitative estimate of drug-likeness (QED) is 0.0362. The summed E-state index contributed by atoms with van der Waals surface area (Å²) in [6, 6.07) is 4.36. The first-order valence-corrected chi connectivity index (χ1v) is 20.5. The molecule has 7 N–H and O–H groups in total. The minimum atomic E-state index is -0.723. The Morgan fingerprint density at radius 3 is 2.00 bits per heavy atom. The topological polar surface area (TPSA) is 220 Å². The first-order valence-electron chi connectivity index (χ1n) is 19.9. The van der Waals surface area contributed by atoms with Gasteiger partial charge in [-0.3, -0.25) is 19.3 Å². The number of aromatic amines is 3. The molecule has 3 aromatic carbocycles. The van der Waals surface area contributed by atoms with Crippen molar-refractivity contribution in [2.24, 2.45) is 5.73 Å². The summed E-state index contributed by atoms with van der Waals surface area (Å²) >= 11 is 6.57. The van der Waals surface area contributed by atoms with Crippen LogP contribution in [0.25, 0.3) is 32.7 Å². The third-order valence-corrected chi connectivity index (χ3v) is 12.5. The Kier molecular flexibility index (Phi) is 9.49. The van der Waals surface area contributed by atoms with E-state index >= 15 is 0 Å². The lowest BCUT2D eigenvalue weighted by Crippen LogP contribution is -2.34. The molecule has 6 aromatic rings. The maximum atomic E-state index is 14.7. The summed E-state index contributed by atoms with van der Waals surface area (Å²) in [4.78, 5) is 68.1. The second-order valence-electron chi connectivity index (χ2n) is 15.5. The van der Waals surface area contributed by atoms with E-state index in [2.05, 4.69) is 21.9 Å². The van der Waals surface area contributed by atoms with Gasteiger partial charge in [-0.25, -0.2) is 4.79 Å². The van der Waals surface area contributed by atoms with E-state index in [1.165, 1.54) is 24.0 Å². The number of nitrogens with one attached hydrogen (secondary N) is 3. The molecule has 9 rings (SSSR count). The summed E-state index contributed by atoms with van der Waals surface area (Å²) in [5.74, 6) is -1.26. The number of halogens is 1. The number of fused-ring (bicyclic) bond motifs is 9. The lowest BCUT2D eigenvalue weighted by Gasteiger charge is -2.19. The van der Waals surface area contributed by atoms with Crippen LogP contribution in [0.3, 0.4) is 0 Å². The number of unbranched alkanes of at least 4 members (excludes halogenated alkanes) is 2. The number of phenolic OH excluding ortho intramolecular Hbond substituents is 2. The third-order valence-electron chi connectivity index (χ3n) is 12.2. The molecule has 0 unspecified atom stereocenters.